The molecule has 0 bridgehead atoms. The first-order valence-electron chi connectivity index (χ1n) is 4.69. The van der Waals surface area contributed by atoms with E-state index in [0.29, 0.717) is 12.3 Å². The van der Waals surface area contributed by atoms with E-state index in [9.17, 15) is 9.59 Å². The number of rotatable bonds is 6. The fraction of sp³-hybridized carbons (Fsp3) is 0.778. The van der Waals surface area contributed by atoms with Crippen molar-refractivity contribution in [2.45, 2.75) is 38.1 Å². The van der Waals surface area contributed by atoms with Gasteiger partial charge in [0.2, 0.25) is 5.78 Å². The van der Waals surface area contributed by atoms with Gasteiger partial charge in [-0.15, -0.1) is 0 Å². The summed E-state index contributed by atoms with van der Waals surface area (Å²) in [6.45, 7) is 0. The van der Waals surface area contributed by atoms with Crippen LogP contribution >= 0.6 is 0 Å². The summed E-state index contributed by atoms with van der Waals surface area (Å²) in [5.41, 5.74) is 10.6. The third kappa shape index (κ3) is 3.55. The van der Waals surface area contributed by atoms with Crippen molar-refractivity contribution in [3.63, 3.8) is 0 Å². The molecule has 4 nitrogen and oxygen atoms in total. The van der Waals surface area contributed by atoms with Gasteiger partial charge < -0.3 is 11.5 Å². The Labute approximate surface area is 77.7 Å². The zero-order valence-corrected chi connectivity index (χ0v) is 7.66. The number of Topliss-reactive ketones (excluding diaryl/α,β-unsaturated/α-hetero) is 1. The first-order chi connectivity index (χ1) is 6.11. The topological polar surface area (TPSA) is 86.2 Å². The number of ketones is 1. The highest BCUT2D eigenvalue weighted by atomic mass is 16.2. The van der Waals surface area contributed by atoms with Gasteiger partial charge >= 0.3 is 0 Å². The first kappa shape index (κ1) is 10.2. The summed E-state index contributed by atoms with van der Waals surface area (Å²) < 4.78 is 0. The molecule has 0 aromatic rings. The van der Waals surface area contributed by atoms with E-state index in [1.807, 2.05) is 0 Å². The minimum absolute atomic E-state index is 0.209. The Hall–Kier alpha value is -0.900. The molecule has 4 N–H and O–H groups in total. The average Bonchev–Trinajstić information content (AvgIpc) is 2.85. The van der Waals surface area contributed by atoms with Gasteiger partial charge in [-0.3, -0.25) is 9.59 Å². The number of hydrogen-bond donors (Lipinski definition) is 2. The molecule has 4 heteroatoms. The molecular formula is C9H16N2O2. The van der Waals surface area contributed by atoms with E-state index in [-0.39, 0.29) is 12.5 Å². The van der Waals surface area contributed by atoms with Crippen LogP contribution in [0.25, 0.3) is 0 Å². The monoisotopic (exact) mass is 184 g/mol. The summed E-state index contributed by atoms with van der Waals surface area (Å²) in [6.07, 6.45) is 4.18. The van der Waals surface area contributed by atoms with Crippen LogP contribution in [0.4, 0.5) is 0 Å². The highest BCUT2D eigenvalue weighted by Crippen LogP contribution is 2.33. The molecule has 74 valence electrons. The zero-order valence-electron chi connectivity index (χ0n) is 7.66. The van der Waals surface area contributed by atoms with Gasteiger partial charge in [-0.25, -0.2) is 0 Å². The van der Waals surface area contributed by atoms with Crippen molar-refractivity contribution in [1.29, 1.82) is 0 Å². The zero-order chi connectivity index (χ0) is 9.84. The van der Waals surface area contributed by atoms with Gasteiger partial charge in [0.1, 0.15) is 0 Å². The molecule has 1 rings (SSSR count). The number of carbonyl (C=O) groups excluding carboxylic acids is 2. The van der Waals surface area contributed by atoms with Crippen molar-refractivity contribution in [2.24, 2.45) is 17.4 Å². The van der Waals surface area contributed by atoms with Crippen molar-refractivity contribution < 1.29 is 9.59 Å². The summed E-state index contributed by atoms with van der Waals surface area (Å²) in [5, 5.41) is 0. The van der Waals surface area contributed by atoms with Crippen LogP contribution in [0.5, 0.6) is 0 Å². The molecule has 13 heavy (non-hydrogen) atoms. The molecule has 0 aromatic heterocycles. The Kier molecular flexibility index (Phi) is 3.42. The number of nitrogens with two attached hydrogens (primary N) is 2. The van der Waals surface area contributed by atoms with E-state index in [1.165, 1.54) is 12.8 Å². The van der Waals surface area contributed by atoms with Gasteiger partial charge in [-0.05, 0) is 31.6 Å². The second-order valence-corrected chi connectivity index (χ2v) is 3.68. The third-order valence-corrected chi connectivity index (χ3v) is 2.44. The molecule has 0 heterocycles. The van der Waals surface area contributed by atoms with E-state index in [2.05, 4.69) is 0 Å². The number of amides is 1. The van der Waals surface area contributed by atoms with E-state index < -0.39 is 11.7 Å². The Balaban J connectivity index is 2.05. The second kappa shape index (κ2) is 4.37. The largest absolute Gasteiger partial charge is 0.363 e. The van der Waals surface area contributed by atoms with E-state index in [4.69, 9.17) is 11.5 Å². The lowest BCUT2D eigenvalue weighted by atomic mass is 10.0. The summed E-state index contributed by atoms with van der Waals surface area (Å²) in [7, 11) is 0. The Bertz CT molecular complexity index is 212. The maximum Gasteiger partial charge on any atom is 0.284 e. The Morgan fingerprint density at radius 3 is 2.46 bits per heavy atom. The van der Waals surface area contributed by atoms with Gasteiger partial charge in [0.25, 0.3) is 5.91 Å². The van der Waals surface area contributed by atoms with Gasteiger partial charge in [-0.1, -0.05) is 0 Å². The molecule has 1 saturated carbocycles. The van der Waals surface area contributed by atoms with Crippen LogP contribution < -0.4 is 11.5 Å². The normalized spacial score (nSPS) is 18.2. The SMILES string of the molecule is NC(=O)C(=O)CCCC(N)C1CC1. The summed E-state index contributed by atoms with van der Waals surface area (Å²) in [6, 6.07) is 0.209. The van der Waals surface area contributed by atoms with E-state index in [0.717, 1.165) is 6.42 Å². The molecule has 1 atom stereocenters. The molecule has 1 unspecified atom stereocenters. The number of primary amides is 1. The van der Waals surface area contributed by atoms with Crippen molar-refractivity contribution in [2.75, 3.05) is 0 Å². The van der Waals surface area contributed by atoms with Gasteiger partial charge in [0.05, 0.1) is 0 Å². The van der Waals surface area contributed by atoms with Crippen LogP contribution in [0.3, 0.4) is 0 Å². The van der Waals surface area contributed by atoms with Crippen LogP contribution in [0.1, 0.15) is 32.1 Å². The maximum absolute atomic E-state index is 10.8. The molecule has 1 aliphatic carbocycles. The maximum atomic E-state index is 10.8. The molecule has 0 saturated heterocycles. The third-order valence-electron chi connectivity index (χ3n) is 2.44. The predicted octanol–water partition coefficient (Wildman–Crippen LogP) is -0.0516. The van der Waals surface area contributed by atoms with Gasteiger partial charge in [0.15, 0.2) is 0 Å². The van der Waals surface area contributed by atoms with E-state index in [1.54, 1.807) is 0 Å². The first-order valence-corrected chi connectivity index (χ1v) is 4.69. The summed E-state index contributed by atoms with van der Waals surface area (Å²) in [4.78, 5) is 21.2. The molecule has 0 spiro atoms. The number of carbonyl (C=O) groups is 2. The molecule has 1 aliphatic rings. The van der Waals surface area contributed by atoms with Crippen molar-refractivity contribution in [3.8, 4) is 0 Å². The Morgan fingerprint density at radius 2 is 2.00 bits per heavy atom. The summed E-state index contributed by atoms with van der Waals surface area (Å²) >= 11 is 0. The van der Waals surface area contributed by atoms with Crippen LogP contribution in [0.15, 0.2) is 0 Å². The highest BCUT2D eigenvalue weighted by molar-refractivity contribution is 6.35. The van der Waals surface area contributed by atoms with Crippen molar-refractivity contribution in [1.82, 2.24) is 0 Å². The number of hydrogen-bond acceptors (Lipinski definition) is 3. The lowest BCUT2D eigenvalue weighted by molar-refractivity contribution is -0.136. The van der Waals surface area contributed by atoms with Crippen molar-refractivity contribution >= 4 is 11.7 Å². The quantitative estimate of drug-likeness (QED) is 0.567. The van der Waals surface area contributed by atoms with Gasteiger partial charge in [0, 0.05) is 12.5 Å². The van der Waals surface area contributed by atoms with Crippen molar-refractivity contribution in [3.05, 3.63) is 0 Å². The lowest BCUT2D eigenvalue weighted by Gasteiger charge is -2.07. The van der Waals surface area contributed by atoms with Crippen LogP contribution in [0, 0.1) is 5.92 Å². The minimum Gasteiger partial charge on any atom is -0.363 e. The van der Waals surface area contributed by atoms with Crippen LogP contribution in [-0.4, -0.2) is 17.7 Å². The average molecular weight is 184 g/mol. The molecule has 0 aliphatic heterocycles. The second-order valence-electron chi connectivity index (χ2n) is 3.68. The highest BCUT2D eigenvalue weighted by Gasteiger charge is 2.27. The fourth-order valence-electron chi connectivity index (χ4n) is 1.38. The minimum atomic E-state index is -0.833. The predicted molar refractivity (Wildman–Crippen MR) is 48.8 cm³/mol. The molecular weight excluding hydrogens is 168 g/mol. The lowest BCUT2D eigenvalue weighted by Crippen LogP contribution is -2.25. The summed E-state index contributed by atoms with van der Waals surface area (Å²) in [5.74, 6) is -0.660. The van der Waals surface area contributed by atoms with E-state index >= 15 is 0 Å². The molecule has 1 amide bonds. The molecule has 1 fully saturated rings. The molecule has 0 aromatic carbocycles. The molecule has 0 radical (unpaired) electrons. The smallest absolute Gasteiger partial charge is 0.284 e. The standard InChI is InChI=1S/C9H16N2O2/c10-7(6-4-5-6)2-1-3-8(12)9(11)13/h6-7H,1-5,10H2,(H2,11,13). The Morgan fingerprint density at radius 1 is 1.38 bits per heavy atom. The fourth-order valence-corrected chi connectivity index (χ4v) is 1.38. The van der Waals surface area contributed by atoms with Gasteiger partial charge in [-0.2, -0.15) is 0 Å². The van der Waals surface area contributed by atoms with Crippen LogP contribution in [0.2, 0.25) is 0 Å². The van der Waals surface area contributed by atoms with Crippen LogP contribution in [-0.2, 0) is 9.59 Å².